The molecule has 1 aromatic heterocycles. The molecule has 0 saturated carbocycles. The Morgan fingerprint density at radius 1 is 0.403 bits per heavy atom. The number of fused-ring (bicyclic) bond motifs is 9. The van der Waals surface area contributed by atoms with Gasteiger partial charge in [0.15, 0.2) is 5.69 Å². The first-order valence-corrected chi connectivity index (χ1v) is 26.2. The van der Waals surface area contributed by atoms with Gasteiger partial charge in [-0.1, -0.05) is 166 Å². The Labute approximate surface area is 448 Å². The minimum atomic E-state index is -0.592. The van der Waals surface area contributed by atoms with Crippen molar-refractivity contribution < 1.29 is 0 Å². The molecule has 2 aliphatic carbocycles. The molecule has 0 N–H and O–H groups in total. The summed E-state index contributed by atoms with van der Waals surface area (Å²) in [5.41, 5.74) is 22.0. The van der Waals surface area contributed by atoms with Crippen molar-refractivity contribution in [2.45, 2.75) is 24.7 Å². The van der Waals surface area contributed by atoms with Gasteiger partial charge in [-0.2, -0.15) is 5.26 Å². The highest BCUT2D eigenvalue weighted by Crippen LogP contribution is 2.58. The summed E-state index contributed by atoms with van der Waals surface area (Å²) in [7, 11) is 0. The largest absolute Gasteiger partial charge is 0.311 e. The Bertz CT molecular complexity index is 4330. The molecular weight excluding hydrogens is 935 g/mol. The standard InChI is InChI=1S/C72H49N5/c1-71(2)65-25-15-13-23-59(65)61-39-35-57(45-67(61)71)76(54-33-29-51(74-3)30-34-54)56-38-42-70-64(44-56)63-43-55(37-41-69(63)77(70)52-21-11-6-12-22-52)75(53-31-27-48(47-73)28-32-53)58-36-40-62-60-24-14-16-26-66(60)72(68(62)46-58,49-17-7-4-8-18-49)50-19-9-5-10-20-50/h4-46H,1-2H3. The third-order valence-corrected chi connectivity index (χ3v) is 16.3. The number of hydrogen-bond acceptors (Lipinski definition) is 3. The highest BCUT2D eigenvalue weighted by Gasteiger charge is 2.46. The predicted octanol–water partition coefficient (Wildman–Crippen LogP) is 18.8. The van der Waals surface area contributed by atoms with Gasteiger partial charge in [0.25, 0.3) is 0 Å². The van der Waals surface area contributed by atoms with E-state index in [4.69, 9.17) is 6.57 Å². The third-order valence-electron chi connectivity index (χ3n) is 16.3. The molecular formula is C72H49N5. The van der Waals surface area contributed by atoms with Gasteiger partial charge in [0.05, 0.1) is 34.7 Å². The van der Waals surface area contributed by atoms with Gasteiger partial charge in [-0.15, -0.1) is 0 Å². The van der Waals surface area contributed by atoms with E-state index in [1.54, 1.807) is 0 Å². The Kier molecular flexibility index (Phi) is 10.5. The summed E-state index contributed by atoms with van der Waals surface area (Å²) in [5.74, 6) is 0. The van der Waals surface area contributed by atoms with Gasteiger partial charge in [0, 0.05) is 56.0 Å². The van der Waals surface area contributed by atoms with Crippen molar-refractivity contribution in [2.24, 2.45) is 0 Å². The van der Waals surface area contributed by atoms with Crippen LogP contribution in [0, 0.1) is 17.9 Å². The second-order valence-corrected chi connectivity index (χ2v) is 20.7. The van der Waals surface area contributed by atoms with E-state index in [9.17, 15) is 5.26 Å². The first-order chi connectivity index (χ1) is 37.8. The second kappa shape index (κ2) is 17.7. The second-order valence-electron chi connectivity index (χ2n) is 20.7. The molecule has 362 valence electrons. The lowest BCUT2D eigenvalue weighted by atomic mass is 9.67. The maximum atomic E-state index is 10.0. The van der Waals surface area contributed by atoms with E-state index in [0.29, 0.717) is 11.3 Å². The van der Waals surface area contributed by atoms with Crippen molar-refractivity contribution in [3.05, 3.63) is 311 Å². The maximum Gasteiger partial charge on any atom is 0.187 e. The molecule has 0 bridgehead atoms. The van der Waals surface area contributed by atoms with Gasteiger partial charge >= 0.3 is 0 Å². The molecule has 11 aromatic carbocycles. The summed E-state index contributed by atoms with van der Waals surface area (Å²) in [6.07, 6.45) is 0. The van der Waals surface area contributed by atoms with Crippen LogP contribution >= 0.6 is 0 Å². The van der Waals surface area contributed by atoms with Gasteiger partial charge in [-0.3, -0.25) is 0 Å². The van der Waals surface area contributed by atoms with Crippen molar-refractivity contribution in [3.8, 4) is 34.0 Å². The molecule has 0 aliphatic heterocycles. The Hall–Kier alpha value is -10.2. The molecule has 12 aromatic rings. The first-order valence-electron chi connectivity index (χ1n) is 26.2. The highest BCUT2D eigenvalue weighted by molar-refractivity contribution is 6.12. The number of nitrogens with zero attached hydrogens (tertiary/aromatic N) is 5. The van der Waals surface area contributed by atoms with E-state index in [0.717, 1.165) is 61.6 Å². The zero-order valence-corrected chi connectivity index (χ0v) is 42.6. The third kappa shape index (κ3) is 6.99. The fraction of sp³-hybridized carbons (Fsp3) is 0.0556. The van der Waals surface area contributed by atoms with E-state index < -0.39 is 5.41 Å². The summed E-state index contributed by atoms with van der Waals surface area (Å²) < 4.78 is 2.37. The summed E-state index contributed by atoms with van der Waals surface area (Å²) in [6, 6.07) is 95.8. The van der Waals surface area contributed by atoms with Crippen molar-refractivity contribution >= 4 is 61.6 Å². The maximum absolute atomic E-state index is 10.0. The van der Waals surface area contributed by atoms with Gasteiger partial charge < -0.3 is 14.4 Å². The lowest BCUT2D eigenvalue weighted by molar-refractivity contribution is 0.660. The quantitative estimate of drug-likeness (QED) is 0.135. The van der Waals surface area contributed by atoms with Crippen LogP contribution in [-0.2, 0) is 10.8 Å². The van der Waals surface area contributed by atoms with Crippen LogP contribution in [0.15, 0.2) is 261 Å². The first kappa shape index (κ1) is 45.4. The average molecular weight is 984 g/mol. The normalized spacial score (nSPS) is 13.2. The van der Waals surface area contributed by atoms with E-state index in [-0.39, 0.29) is 5.41 Å². The molecule has 14 rings (SSSR count). The highest BCUT2D eigenvalue weighted by atomic mass is 15.2. The number of nitriles is 1. The summed E-state index contributed by atoms with van der Waals surface area (Å²) in [6.45, 7) is 12.4. The lowest BCUT2D eigenvalue weighted by Crippen LogP contribution is -2.28. The van der Waals surface area contributed by atoms with Crippen LogP contribution in [-0.4, -0.2) is 4.57 Å². The minimum absolute atomic E-state index is 0.195. The van der Waals surface area contributed by atoms with Crippen LogP contribution in [0.4, 0.5) is 39.8 Å². The summed E-state index contributed by atoms with van der Waals surface area (Å²) in [5, 5.41) is 12.2. The fourth-order valence-electron chi connectivity index (χ4n) is 12.8. The van der Waals surface area contributed by atoms with Crippen molar-refractivity contribution in [1.29, 1.82) is 5.26 Å². The summed E-state index contributed by atoms with van der Waals surface area (Å²) >= 11 is 0. The number of hydrogen-bond donors (Lipinski definition) is 0. The Balaban J connectivity index is 0.997. The molecule has 0 unspecified atom stereocenters. The Morgan fingerprint density at radius 3 is 1.36 bits per heavy atom. The number of benzene rings is 11. The molecule has 0 radical (unpaired) electrons. The minimum Gasteiger partial charge on any atom is -0.311 e. The van der Waals surface area contributed by atoms with Crippen LogP contribution in [0.3, 0.4) is 0 Å². The average Bonchev–Trinajstić information content (AvgIpc) is 4.18. The van der Waals surface area contributed by atoms with E-state index in [1.165, 1.54) is 55.6 Å². The van der Waals surface area contributed by atoms with Crippen molar-refractivity contribution in [3.63, 3.8) is 0 Å². The van der Waals surface area contributed by atoms with Crippen molar-refractivity contribution in [2.75, 3.05) is 9.80 Å². The molecule has 0 saturated heterocycles. The zero-order chi connectivity index (χ0) is 51.8. The summed E-state index contributed by atoms with van der Waals surface area (Å²) in [4.78, 5) is 8.43. The van der Waals surface area contributed by atoms with Crippen LogP contribution in [0.2, 0.25) is 0 Å². The molecule has 2 aliphatic rings. The molecule has 0 atom stereocenters. The molecule has 5 nitrogen and oxygen atoms in total. The molecule has 77 heavy (non-hydrogen) atoms. The molecule has 0 fully saturated rings. The topological polar surface area (TPSA) is 39.6 Å². The molecule has 5 heteroatoms. The fourth-order valence-corrected chi connectivity index (χ4v) is 12.8. The zero-order valence-electron chi connectivity index (χ0n) is 42.6. The predicted molar refractivity (Wildman–Crippen MR) is 316 cm³/mol. The SMILES string of the molecule is [C-]#[N+]c1ccc(N(c2ccc3c(c2)C(C)(C)c2ccccc2-3)c2ccc3c(c2)c2cc(N(c4ccc(C#N)cc4)c4ccc5c(c4)C(c4ccccc4)(c4ccccc4)c4ccccc4-5)ccc2n3-c2ccccc2)cc1. The van der Waals surface area contributed by atoms with Crippen LogP contribution in [0.1, 0.15) is 52.8 Å². The van der Waals surface area contributed by atoms with E-state index in [2.05, 4.69) is 276 Å². The van der Waals surface area contributed by atoms with E-state index in [1.807, 2.05) is 24.3 Å². The smallest absolute Gasteiger partial charge is 0.187 e. The van der Waals surface area contributed by atoms with Crippen LogP contribution < -0.4 is 9.80 Å². The number of aromatic nitrogens is 1. The monoisotopic (exact) mass is 983 g/mol. The van der Waals surface area contributed by atoms with Crippen molar-refractivity contribution in [1.82, 2.24) is 4.57 Å². The van der Waals surface area contributed by atoms with Gasteiger partial charge in [0.1, 0.15) is 0 Å². The molecule has 0 amide bonds. The Morgan fingerprint density at radius 2 is 0.818 bits per heavy atom. The van der Waals surface area contributed by atoms with Gasteiger partial charge in [0.2, 0.25) is 0 Å². The molecule has 1 heterocycles. The molecule has 0 spiro atoms. The van der Waals surface area contributed by atoms with Gasteiger partial charge in [-0.25, -0.2) is 4.85 Å². The number of anilines is 6. The van der Waals surface area contributed by atoms with E-state index >= 15 is 0 Å². The van der Waals surface area contributed by atoms with Gasteiger partial charge in [-0.05, 0) is 165 Å². The number of para-hydroxylation sites is 1. The lowest BCUT2D eigenvalue weighted by Gasteiger charge is -2.35. The van der Waals surface area contributed by atoms with Crippen LogP contribution in [0.25, 0.3) is 54.6 Å². The van der Waals surface area contributed by atoms with Crippen LogP contribution in [0.5, 0.6) is 0 Å². The number of rotatable bonds is 9.